The lowest BCUT2D eigenvalue weighted by Crippen LogP contribution is -2.40. The van der Waals surface area contributed by atoms with Crippen LogP contribution in [-0.4, -0.2) is 37.5 Å². The van der Waals surface area contributed by atoms with E-state index in [0.29, 0.717) is 27.9 Å². The summed E-state index contributed by atoms with van der Waals surface area (Å²) in [4.78, 5) is 28.4. The van der Waals surface area contributed by atoms with Crippen molar-refractivity contribution in [2.75, 3.05) is 26.1 Å². The van der Waals surface area contributed by atoms with Crippen molar-refractivity contribution in [2.24, 2.45) is 0 Å². The summed E-state index contributed by atoms with van der Waals surface area (Å²) in [6.45, 7) is 2.05. The van der Waals surface area contributed by atoms with Crippen LogP contribution in [0.2, 0.25) is 0 Å². The van der Waals surface area contributed by atoms with Crippen molar-refractivity contribution < 1.29 is 19.1 Å². The maximum absolute atomic E-state index is 13.5. The van der Waals surface area contributed by atoms with Crippen LogP contribution in [0.25, 0.3) is 0 Å². The number of methoxy groups -OCH3 is 2. The summed E-state index contributed by atoms with van der Waals surface area (Å²) < 4.78 is 11.0. The number of carbonyl (C=O) groups is 2. The minimum absolute atomic E-state index is 0.0459. The molecule has 1 aliphatic heterocycles. The largest absolute Gasteiger partial charge is 0.493 e. The highest BCUT2D eigenvalue weighted by Gasteiger charge is 2.35. The van der Waals surface area contributed by atoms with E-state index in [1.54, 1.807) is 37.7 Å². The molecular formula is C22H22N2O4S2. The summed E-state index contributed by atoms with van der Waals surface area (Å²) in [7, 11) is 3.24. The first-order valence-electron chi connectivity index (χ1n) is 9.48. The van der Waals surface area contributed by atoms with Crippen molar-refractivity contribution in [3.63, 3.8) is 0 Å². The zero-order valence-corrected chi connectivity index (χ0v) is 18.6. The molecule has 0 bridgehead atoms. The smallest absolute Gasteiger partial charge is 0.264 e. The van der Waals surface area contributed by atoms with Crippen LogP contribution >= 0.6 is 22.7 Å². The Morgan fingerprint density at radius 1 is 1.13 bits per heavy atom. The van der Waals surface area contributed by atoms with Gasteiger partial charge in [-0.15, -0.1) is 22.7 Å². The monoisotopic (exact) mass is 442 g/mol. The second kappa shape index (κ2) is 8.49. The number of ether oxygens (including phenoxy) is 2. The average molecular weight is 443 g/mol. The molecule has 0 unspecified atom stereocenters. The van der Waals surface area contributed by atoms with Crippen LogP contribution in [0.4, 0.5) is 5.00 Å². The Kier molecular flexibility index (Phi) is 5.78. The lowest BCUT2D eigenvalue weighted by Gasteiger charge is -2.37. The highest BCUT2D eigenvalue weighted by Crippen LogP contribution is 2.43. The number of hydrogen-bond donors (Lipinski definition) is 1. The molecule has 0 aliphatic carbocycles. The van der Waals surface area contributed by atoms with Crippen LogP contribution < -0.4 is 14.8 Å². The SMILES string of the molecule is COc1cc2c(cc1OC)[C@H](c1cccs1)N(C(=O)c1ccc(NC(C)=O)s1)CC2. The molecule has 156 valence electrons. The third-order valence-electron chi connectivity index (χ3n) is 5.06. The van der Waals surface area contributed by atoms with Gasteiger partial charge >= 0.3 is 0 Å². The van der Waals surface area contributed by atoms with Crippen molar-refractivity contribution in [1.82, 2.24) is 4.90 Å². The molecule has 2 aromatic heterocycles. The summed E-state index contributed by atoms with van der Waals surface area (Å²) in [5.41, 5.74) is 2.20. The molecule has 3 heterocycles. The zero-order chi connectivity index (χ0) is 21.3. The second-order valence-corrected chi connectivity index (χ2v) is 8.98. The van der Waals surface area contributed by atoms with E-state index in [2.05, 4.69) is 11.4 Å². The maximum atomic E-state index is 13.5. The molecule has 0 spiro atoms. The number of rotatable bonds is 5. The van der Waals surface area contributed by atoms with Crippen LogP contribution in [0.15, 0.2) is 41.8 Å². The minimum Gasteiger partial charge on any atom is -0.493 e. The summed E-state index contributed by atoms with van der Waals surface area (Å²) in [6.07, 6.45) is 0.729. The Bertz CT molecular complexity index is 1080. The standard InChI is InChI=1S/C22H22N2O4S2/c1-13(25)23-20-7-6-19(30-20)22(26)24-9-8-14-11-16(27-2)17(28-3)12-15(14)21(24)18-5-4-10-29-18/h4-7,10-12,21H,8-9H2,1-3H3,(H,23,25)/t21-/m1/s1. The molecule has 1 aromatic carbocycles. The van der Waals surface area contributed by atoms with E-state index in [-0.39, 0.29) is 17.9 Å². The van der Waals surface area contributed by atoms with Crippen molar-refractivity contribution in [2.45, 2.75) is 19.4 Å². The highest BCUT2D eigenvalue weighted by molar-refractivity contribution is 7.18. The molecular weight excluding hydrogens is 420 g/mol. The van der Waals surface area contributed by atoms with Crippen molar-refractivity contribution >= 4 is 39.5 Å². The first-order valence-corrected chi connectivity index (χ1v) is 11.2. The van der Waals surface area contributed by atoms with Gasteiger partial charge in [-0.25, -0.2) is 0 Å². The van der Waals surface area contributed by atoms with E-state index in [4.69, 9.17) is 9.47 Å². The quantitative estimate of drug-likeness (QED) is 0.628. The topological polar surface area (TPSA) is 67.9 Å². The van der Waals surface area contributed by atoms with Crippen LogP contribution in [-0.2, 0) is 11.2 Å². The number of anilines is 1. The molecule has 1 N–H and O–H groups in total. The minimum atomic E-state index is -0.202. The normalized spacial score (nSPS) is 15.4. The molecule has 4 rings (SSSR count). The van der Waals surface area contributed by atoms with Crippen LogP contribution in [0.5, 0.6) is 11.5 Å². The van der Waals surface area contributed by atoms with Crippen LogP contribution in [0.1, 0.15) is 38.6 Å². The fraction of sp³-hybridized carbons (Fsp3) is 0.273. The molecule has 0 radical (unpaired) electrons. The van der Waals surface area contributed by atoms with Gasteiger partial charge < -0.3 is 19.7 Å². The molecule has 8 heteroatoms. The molecule has 1 atom stereocenters. The van der Waals surface area contributed by atoms with Gasteiger partial charge in [0, 0.05) is 18.3 Å². The number of benzene rings is 1. The van der Waals surface area contributed by atoms with Gasteiger partial charge in [-0.05, 0) is 53.3 Å². The van der Waals surface area contributed by atoms with Crippen molar-refractivity contribution in [3.8, 4) is 11.5 Å². The van der Waals surface area contributed by atoms with Gasteiger partial charge in [0.05, 0.1) is 30.1 Å². The number of amides is 2. The Morgan fingerprint density at radius 3 is 2.57 bits per heavy atom. The fourth-order valence-corrected chi connectivity index (χ4v) is 5.52. The summed E-state index contributed by atoms with van der Waals surface area (Å²) >= 11 is 2.92. The van der Waals surface area contributed by atoms with Gasteiger partial charge in [0.15, 0.2) is 11.5 Å². The van der Waals surface area contributed by atoms with Gasteiger partial charge in [0.25, 0.3) is 5.91 Å². The summed E-state index contributed by atoms with van der Waals surface area (Å²) in [5, 5.41) is 5.44. The van der Waals surface area contributed by atoms with Gasteiger partial charge in [-0.3, -0.25) is 9.59 Å². The number of hydrogen-bond acceptors (Lipinski definition) is 6. The predicted octanol–water partition coefficient (Wildman–Crippen LogP) is 4.57. The fourth-order valence-electron chi connectivity index (χ4n) is 3.75. The molecule has 3 aromatic rings. The summed E-state index contributed by atoms with van der Waals surface area (Å²) in [6, 6.07) is 11.4. The Labute approximate surface area is 183 Å². The summed E-state index contributed by atoms with van der Waals surface area (Å²) in [5.74, 6) is 1.14. The van der Waals surface area contributed by atoms with Crippen LogP contribution in [0.3, 0.4) is 0 Å². The van der Waals surface area contributed by atoms with E-state index in [1.165, 1.54) is 18.3 Å². The number of carbonyl (C=O) groups excluding carboxylic acids is 2. The van der Waals surface area contributed by atoms with E-state index in [0.717, 1.165) is 22.4 Å². The number of thiophene rings is 2. The van der Waals surface area contributed by atoms with Crippen molar-refractivity contribution in [3.05, 3.63) is 62.7 Å². The average Bonchev–Trinajstić information content (AvgIpc) is 3.43. The number of nitrogens with zero attached hydrogens (tertiary/aromatic N) is 1. The first kappa shape index (κ1) is 20.4. The van der Waals surface area contributed by atoms with E-state index >= 15 is 0 Å². The molecule has 6 nitrogen and oxygen atoms in total. The van der Waals surface area contributed by atoms with Crippen LogP contribution in [0, 0.1) is 0 Å². The Hall–Kier alpha value is -2.84. The molecule has 1 aliphatic rings. The van der Waals surface area contributed by atoms with E-state index in [9.17, 15) is 9.59 Å². The molecule has 0 fully saturated rings. The number of nitrogens with one attached hydrogen (secondary N) is 1. The molecule has 0 saturated heterocycles. The Balaban J connectivity index is 1.75. The zero-order valence-electron chi connectivity index (χ0n) is 16.9. The number of fused-ring (bicyclic) bond motifs is 1. The second-order valence-electron chi connectivity index (χ2n) is 6.92. The third kappa shape index (κ3) is 3.80. The highest BCUT2D eigenvalue weighted by atomic mass is 32.1. The molecule has 2 amide bonds. The van der Waals surface area contributed by atoms with Gasteiger partial charge in [0.1, 0.15) is 0 Å². The maximum Gasteiger partial charge on any atom is 0.264 e. The predicted molar refractivity (Wildman–Crippen MR) is 119 cm³/mol. The lowest BCUT2D eigenvalue weighted by molar-refractivity contribution is -0.114. The van der Waals surface area contributed by atoms with Gasteiger partial charge in [-0.2, -0.15) is 0 Å². The Morgan fingerprint density at radius 2 is 1.90 bits per heavy atom. The van der Waals surface area contributed by atoms with Gasteiger partial charge in [0.2, 0.25) is 5.91 Å². The third-order valence-corrected chi connectivity index (χ3v) is 6.98. The molecule has 30 heavy (non-hydrogen) atoms. The van der Waals surface area contributed by atoms with E-state index < -0.39 is 0 Å². The van der Waals surface area contributed by atoms with Crippen molar-refractivity contribution in [1.29, 1.82) is 0 Å². The lowest BCUT2D eigenvalue weighted by atomic mass is 9.90. The van der Waals surface area contributed by atoms with E-state index in [1.807, 2.05) is 28.5 Å². The van der Waals surface area contributed by atoms with Gasteiger partial charge in [-0.1, -0.05) is 6.07 Å². The first-order chi connectivity index (χ1) is 14.5. The molecule has 0 saturated carbocycles.